The molecule has 4 aromatic rings. The molecule has 0 spiro atoms. The number of nitrogens with zero attached hydrogens (tertiary/aromatic N) is 4. The summed E-state index contributed by atoms with van der Waals surface area (Å²) in [4.78, 5) is 23.4. The molecular formula is C30H28F2N4O5S. The first-order valence-electron chi connectivity index (χ1n) is 13.1. The number of alkyl halides is 2. The zero-order valence-electron chi connectivity index (χ0n) is 22.6. The van der Waals surface area contributed by atoms with Gasteiger partial charge in [-0.1, -0.05) is 18.2 Å². The lowest BCUT2D eigenvalue weighted by atomic mass is 10.1. The standard InChI is InChI=1S/C30H28F2N4O5S/c1-20-15-25(42(40,41)35-13-10-30(31,32)11-14-35)18-34-28(20)22-4-6-23(7-5-22)36(19-21-3-2-12-33-17-21)29(39)26-9-8-24(37)16-27(26)38/h2-9,12,15-18,37-38H,10-11,13-14,19H2,1H3. The second-order valence-corrected chi connectivity index (χ2v) is 12.0. The fourth-order valence-corrected chi connectivity index (χ4v) is 6.27. The number of amides is 1. The molecule has 0 saturated carbocycles. The number of phenols is 2. The minimum absolute atomic E-state index is 0.00694. The second-order valence-electron chi connectivity index (χ2n) is 10.1. The van der Waals surface area contributed by atoms with Crippen LogP contribution in [0.25, 0.3) is 11.3 Å². The normalized spacial score (nSPS) is 15.3. The van der Waals surface area contributed by atoms with E-state index in [1.807, 2.05) is 6.07 Å². The number of pyridine rings is 2. The van der Waals surface area contributed by atoms with Crippen molar-refractivity contribution in [3.8, 4) is 22.8 Å². The number of carbonyl (C=O) groups excluding carboxylic acids is 1. The number of anilines is 1. The van der Waals surface area contributed by atoms with Gasteiger partial charge < -0.3 is 15.1 Å². The number of sulfonamides is 1. The topological polar surface area (TPSA) is 124 Å². The highest BCUT2D eigenvalue weighted by molar-refractivity contribution is 7.89. The molecule has 0 radical (unpaired) electrons. The van der Waals surface area contributed by atoms with E-state index in [0.717, 1.165) is 15.9 Å². The van der Waals surface area contributed by atoms with Crippen LogP contribution in [-0.4, -0.2) is 57.8 Å². The molecule has 2 aromatic carbocycles. The number of hydrogen-bond acceptors (Lipinski definition) is 7. The van der Waals surface area contributed by atoms with E-state index in [1.54, 1.807) is 49.6 Å². The Labute approximate surface area is 241 Å². The van der Waals surface area contributed by atoms with E-state index in [-0.39, 0.29) is 41.6 Å². The molecule has 12 heteroatoms. The number of piperidine rings is 1. The van der Waals surface area contributed by atoms with Gasteiger partial charge in [0.25, 0.3) is 11.8 Å². The van der Waals surface area contributed by atoms with Gasteiger partial charge in [-0.05, 0) is 54.4 Å². The summed E-state index contributed by atoms with van der Waals surface area (Å²) in [5.41, 5.74) is 3.03. The van der Waals surface area contributed by atoms with E-state index in [1.165, 1.54) is 29.3 Å². The molecule has 218 valence electrons. The van der Waals surface area contributed by atoms with Crippen molar-refractivity contribution in [3.05, 3.63) is 95.9 Å². The summed E-state index contributed by atoms with van der Waals surface area (Å²) in [6, 6.07) is 15.7. The first-order valence-corrected chi connectivity index (χ1v) is 14.6. The summed E-state index contributed by atoms with van der Waals surface area (Å²) in [6.45, 7) is 1.35. The Morgan fingerprint density at radius 1 is 1.02 bits per heavy atom. The first-order chi connectivity index (χ1) is 19.9. The van der Waals surface area contributed by atoms with Gasteiger partial charge in [-0.25, -0.2) is 17.2 Å². The predicted octanol–water partition coefficient (Wildman–Crippen LogP) is 5.13. The third-order valence-corrected chi connectivity index (χ3v) is 8.98. The van der Waals surface area contributed by atoms with Crippen LogP contribution in [0.2, 0.25) is 0 Å². The maximum Gasteiger partial charge on any atom is 0.262 e. The molecule has 1 aliphatic heterocycles. The molecule has 3 heterocycles. The van der Waals surface area contributed by atoms with Crippen LogP contribution in [0.3, 0.4) is 0 Å². The Balaban J connectivity index is 1.42. The fraction of sp³-hybridized carbons (Fsp3) is 0.233. The maximum atomic E-state index is 13.5. The molecule has 5 rings (SSSR count). The highest BCUT2D eigenvalue weighted by Gasteiger charge is 2.38. The van der Waals surface area contributed by atoms with E-state index in [2.05, 4.69) is 9.97 Å². The summed E-state index contributed by atoms with van der Waals surface area (Å²) in [5.74, 6) is -3.89. The third-order valence-electron chi connectivity index (χ3n) is 7.12. The van der Waals surface area contributed by atoms with Crippen molar-refractivity contribution in [2.24, 2.45) is 0 Å². The third kappa shape index (κ3) is 6.09. The smallest absolute Gasteiger partial charge is 0.262 e. The number of hydrogen-bond donors (Lipinski definition) is 2. The van der Waals surface area contributed by atoms with Gasteiger partial charge >= 0.3 is 0 Å². The van der Waals surface area contributed by atoms with E-state index in [9.17, 15) is 32.2 Å². The van der Waals surface area contributed by atoms with Crippen LogP contribution < -0.4 is 4.90 Å². The van der Waals surface area contributed by atoms with Crippen LogP contribution in [0.1, 0.15) is 34.3 Å². The SMILES string of the molecule is Cc1cc(S(=O)(=O)N2CCC(F)(F)CC2)cnc1-c1ccc(N(Cc2cccnc2)C(=O)c2ccc(O)cc2O)cc1. The van der Waals surface area contributed by atoms with E-state index >= 15 is 0 Å². The Bertz CT molecular complexity index is 1710. The lowest BCUT2D eigenvalue weighted by Crippen LogP contribution is -2.42. The van der Waals surface area contributed by atoms with Crippen LogP contribution in [0.15, 0.2) is 84.1 Å². The molecule has 2 aromatic heterocycles. The van der Waals surface area contributed by atoms with Gasteiger partial charge in [0.05, 0.1) is 17.8 Å². The number of halogens is 2. The number of aromatic nitrogens is 2. The van der Waals surface area contributed by atoms with E-state index < -0.39 is 34.7 Å². The Morgan fingerprint density at radius 2 is 1.74 bits per heavy atom. The van der Waals surface area contributed by atoms with Crippen LogP contribution in [0.4, 0.5) is 14.5 Å². The number of carbonyl (C=O) groups is 1. The lowest BCUT2D eigenvalue weighted by Gasteiger charge is -2.30. The van der Waals surface area contributed by atoms with Crippen molar-refractivity contribution < 1.29 is 32.2 Å². The molecule has 1 fully saturated rings. The average Bonchev–Trinajstić information content (AvgIpc) is 2.96. The van der Waals surface area contributed by atoms with Crippen LogP contribution in [0.5, 0.6) is 11.5 Å². The van der Waals surface area contributed by atoms with Crippen molar-refractivity contribution in [2.45, 2.75) is 37.1 Å². The van der Waals surface area contributed by atoms with Gasteiger partial charge in [0, 0.05) is 61.8 Å². The van der Waals surface area contributed by atoms with Gasteiger partial charge in [-0.2, -0.15) is 4.31 Å². The van der Waals surface area contributed by atoms with Gasteiger partial charge in [0.1, 0.15) is 16.4 Å². The quantitative estimate of drug-likeness (QED) is 0.304. The summed E-state index contributed by atoms with van der Waals surface area (Å²) >= 11 is 0. The largest absolute Gasteiger partial charge is 0.508 e. The summed E-state index contributed by atoms with van der Waals surface area (Å²) < 4.78 is 54.3. The molecule has 0 atom stereocenters. The molecule has 2 N–H and O–H groups in total. The molecule has 1 aliphatic rings. The van der Waals surface area contributed by atoms with Crippen LogP contribution in [-0.2, 0) is 16.6 Å². The number of rotatable bonds is 7. The van der Waals surface area contributed by atoms with Gasteiger partial charge in [0.2, 0.25) is 10.0 Å². The minimum atomic E-state index is -3.97. The second kappa shape index (κ2) is 11.5. The molecule has 1 amide bonds. The zero-order valence-corrected chi connectivity index (χ0v) is 23.4. The highest BCUT2D eigenvalue weighted by atomic mass is 32.2. The predicted molar refractivity (Wildman–Crippen MR) is 152 cm³/mol. The highest BCUT2D eigenvalue weighted by Crippen LogP contribution is 2.33. The molecule has 0 unspecified atom stereocenters. The molecular weight excluding hydrogens is 566 g/mol. The van der Waals surface area contributed by atoms with E-state index in [0.29, 0.717) is 22.5 Å². The molecule has 0 aliphatic carbocycles. The molecule has 9 nitrogen and oxygen atoms in total. The van der Waals surface area contributed by atoms with Crippen molar-refractivity contribution in [1.82, 2.24) is 14.3 Å². The van der Waals surface area contributed by atoms with Crippen LogP contribution >= 0.6 is 0 Å². The Morgan fingerprint density at radius 3 is 2.36 bits per heavy atom. The van der Waals surface area contributed by atoms with E-state index in [4.69, 9.17) is 0 Å². The Hall–Kier alpha value is -4.42. The lowest BCUT2D eigenvalue weighted by molar-refractivity contribution is -0.0412. The summed E-state index contributed by atoms with van der Waals surface area (Å²) in [7, 11) is -3.97. The zero-order chi connectivity index (χ0) is 30.1. The van der Waals surface area contributed by atoms with Gasteiger partial charge in [0.15, 0.2) is 0 Å². The fourth-order valence-electron chi connectivity index (χ4n) is 4.80. The van der Waals surface area contributed by atoms with Gasteiger partial charge in [-0.15, -0.1) is 0 Å². The van der Waals surface area contributed by atoms with Crippen molar-refractivity contribution in [1.29, 1.82) is 0 Å². The molecule has 0 bridgehead atoms. The minimum Gasteiger partial charge on any atom is -0.508 e. The molecule has 42 heavy (non-hydrogen) atoms. The van der Waals surface area contributed by atoms with Crippen molar-refractivity contribution >= 4 is 21.6 Å². The van der Waals surface area contributed by atoms with Crippen molar-refractivity contribution in [3.63, 3.8) is 0 Å². The van der Waals surface area contributed by atoms with Gasteiger partial charge in [-0.3, -0.25) is 14.8 Å². The van der Waals surface area contributed by atoms with Crippen LogP contribution in [0, 0.1) is 6.92 Å². The summed E-state index contributed by atoms with van der Waals surface area (Å²) in [5, 5.41) is 20.0. The number of aromatic hydroxyl groups is 2. The maximum absolute atomic E-state index is 13.5. The Kier molecular flexibility index (Phi) is 7.93. The number of aryl methyl sites for hydroxylation is 1. The molecule has 1 saturated heterocycles. The number of phenolic OH excluding ortho intramolecular Hbond substituents is 2. The van der Waals surface area contributed by atoms with Crippen molar-refractivity contribution in [2.75, 3.05) is 18.0 Å². The monoisotopic (exact) mass is 594 g/mol. The number of benzene rings is 2. The average molecular weight is 595 g/mol. The summed E-state index contributed by atoms with van der Waals surface area (Å²) in [6.07, 6.45) is 3.44. The first kappa shape index (κ1) is 29.1.